The summed E-state index contributed by atoms with van der Waals surface area (Å²) in [6.45, 7) is 1.94. The van der Waals surface area contributed by atoms with Crippen LogP contribution in [0.1, 0.15) is 15.9 Å². The molecule has 1 amide bonds. The van der Waals surface area contributed by atoms with E-state index in [2.05, 4.69) is 15.6 Å². The second-order valence-electron chi connectivity index (χ2n) is 6.77. The summed E-state index contributed by atoms with van der Waals surface area (Å²) < 4.78 is 10.9. The number of aromatic nitrogens is 1. The highest BCUT2D eigenvalue weighted by Gasteiger charge is 2.13. The number of thiocarbonyl (C=S) groups is 1. The number of anilines is 1. The maximum atomic E-state index is 12.5. The lowest BCUT2D eigenvalue weighted by Crippen LogP contribution is -2.34. The van der Waals surface area contributed by atoms with Crippen LogP contribution in [0.2, 0.25) is 5.02 Å². The van der Waals surface area contributed by atoms with Gasteiger partial charge in [0.2, 0.25) is 5.89 Å². The molecule has 0 atom stereocenters. The van der Waals surface area contributed by atoms with Gasteiger partial charge in [-0.25, -0.2) is 4.98 Å². The molecule has 4 rings (SSSR count). The molecule has 1 heterocycles. The zero-order valence-corrected chi connectivity index (χ0v) is 18.3. The highest BCUT2D eigenvalue weighted by Crippen LogP contribution is 2.28. The summed E-state index contributed by atoms with van der Waals surface area (Å²) in [6, 6.07) is 18.1. The van der Waals surface area contributed by atoms with Crippen molar-refractivity contribution in [3.8, 4) is 17.2 Å². The Balaban J connectivity index is 1.50. The molecule has 1 aromatic heterocycles. The van der Waals surface area contributed by atoms with E-state index in [9.17, 15) is 4.79 Å². The minimum absolute atomic E-state index is 0.162. The summed E-state index contributed by atoms with van der Waals surface area (Å²) in [5.74, 6) is 0.618. The highest BCUT2D eigenvalue weighted by molar-refractivity contribution is 7.80. The van der Waals surface area contributed by atoms with Gasteiger partial charge in [-0.2, -0.15) is 0 Å². The molecule has 0 saturated heterocycles. The molecule has 31 heavy (non-hydrogen) atoms. The van der Waals surface area contributed by atoms with Gasteiger partial charge in [-0.15, -0.1) is 0 Å². The quantitative estimate of drug-likeness (QED) is 0.394. The number of aryl methyl sites for hydroxylation is 1. The predicted molar refractivity (Wildman–Crippen MR) is 126 cm³/mol. The Bertz CT molecular complexity index is 1270. The van der Waals surface area contributed by atoms with Crippen LogP contribution in [0.3, 0.4) is 0 Å². The average Bonchev–Trinajstić information content (AvgIpc) is 3.19. The van der Waals surface area contributed by atoms with Crippen molar-refractivity contribution in [3.63, 3.8) is 0 Å². The topological polar surface area (TPSA) is 76.4 Å². The molecule has 2 N–H and O–H groups in total. The van der Waals surface area contributed by atoms with Gasteiger partial charge in [0.15, 0.2) is 10.7 Å². The number of carbonyl (C=O) groups excluding carboxylic acids is 1. The molecule has 0 bridgehead atoms. The van der Waals surface area contributed by atoms with E-state index in [0.29, 0.717) is 27.8 Å². The van der Waals surface area contributed by atoms with Crippen molar-refractivity contribution >= 4 is 51.6 Å². The molecule has 6 nitrogen and oxygen atoms in total. The molecule has 0 radical (unpaired) electrons. The van der Waals surface area contributed by atoms with Gasteiger partial charge in [-0.1, -0.05) is 29.8 Å². The smallest absolute Gasteiger partial charge is 0.257 e. The summed E-state index contributed by atoms with van der Waals surface area (Å²) in [6.07, 6.45) is 0. The number of rotatable bonds is 4. The number of benzene rings is 3. The van der Waals surface area contributed by atoms with Gasteiger partial charge >= 0.3 is 0 Å². The van der Waals surface area contributed by atoms with Crippen LogP contribution in [-0.2, 0) is 0 Å². The second-order valence-corrected chi connectivity index (χ2v) is 7.59. The lowest BCUT2D eigenvalue weighted by atomic mass is 10.1. The minimum atomic E-state index is -0.380. The van der Waals surface area contributed by atoms with Gasteiger partial charge in [0.05, 0.1) is 12.1 Å². The van der Waals surface area contributed by atoms with Crippen LogP contribution >= 0.6 is 23.8 Å². The molecule has 0 fully saturated rings. The number of hydrogen-bond donors (Lipinski definition) is 2. The highest BCUT2D eigenvalue weighted by atomic mass is 35.5. The Kier molecular flexibility index (Phi) is 5.88. The Morgan fingerprint density at radius 2 is 1.94 bits per heavy atom. The van der Waals surface area contributed by atoms with E-state index in [1.807, 2.05) is 49.4 Å². The normalized spacial score (nSPS) is 10.7. The molecule has 156 valence electrons. The largest absolute Gasteiger partial charge is 0.495 e. The van der Waals surface area contributed by atoms with Crippen LogP contribution in [0.4, 0.5) is 5.69 Å². The number of carbonyl (C=O) groups is 1. The molecule has 4 aromatic rings. The fourth-order valence-corrected chi connectivity index (χ4v) is 3.48. The van der Waals surface area contributed by atoms with E-state index in [0.717, 1.165) is 22.3 Å². The molecule has 3 aromatic carbocycles. The van der Waals surface area contributed by atoms with Crippen LogP contribution in [0.5, 0.6) is 5.75 Å². The van der Waals surface area contributed by atoms with Gasteiger partial charge in [0, 0.05) is 16.8 Å². The zero-order valence-electron chi connectivity index (χ0n) is 16.7. The van der Waals surface area contributed by atoms with Crippen molar-refractivity contribution in [3.05, 3.63) is 76.8 Å². The monoisotopic (exact) mass is 451 g/mol. The number of oxazole rings is 1. The lowest BCUT2D eigenvalue weighted by molar-refractivity contribution is 0.0977. The van der Waals surface area contributed by atoms with Crippen LogP contribution < -0.4 is 15.4 Å². The van der Waals surface area contributed by atoms with Gasteiger partial charge < -0.3 is 14.5 Å². The summed E-state index contributed by atoms with van der Waals surface area (Å²) in [5.41, 5.74) is 4.34. The molecule has 0 spiro atoms. The maximum absolute atomic E-state index is 12.5. The van der Waals surface area contributed by atoms with Crippen molar-refractivity contribution in [1.29, 1.82) is 0 Å². The number of halogens is 1. The standard InChI is InChI=1S/C23H18ClN3O3S/c1-13-7-8-15(22-25-17-5-3-4-6-20(17)30-22)12-18(13)26-23(31)27-21(28)14-9-10-19(29-2)16(24)11-14/h3-12H,1-2H3,(H2,26,27,28,31). The Morgan fingerprint density at radius 1 is 1.13 bits per heavy atom. The Hall–Kier alpha value is -3.42. The van der Waals surface area contributed by atoms with Crippen LogP contribution in [0.25, 0.3) is 22.6 Å². The van der Waals surface area contributed by atoms with Crippen LogP contribution in [0, 0.1) is 6.92 Å². The number of amides is 1. The fourth-order valence-electron chi connectivity index (χ4n) is 3.02. The SMILES string of the molecule is COc1ccc(C(=O)NC(=S)Nc2cc(-c3nc4ccccc4o3)ccc2C)cc1Cl. The van der Waals surface area contributed by atoms with Crippen LogP contribution in [0.15, 0.2) is 65.1 Å². The van der Waals surface area contributed by atoms with Gasteiger partial charge in [0.25, 0.3) is 5.91 Å². The fraction of sp³-hybridized carbons (Fsp3) is 0.0870. The third-order valence-corrected chi connectivity index (χ3v) is 5.17. The first-order valence-corrected chi connectivity index (χ1v) is 10.2. The number of nitrogens with zero attached hydrogens (tertiary/aromatic N) is 1. The van der Waals surface area contributed by atoms with E-state index in [-0.39, 0.29) is 11.0 Å². The van der Waals surface area contributed by atoms with E-state index in [1.54, 1.807) is 12.1 Å². The molecule has 0 aliphatic carbocycles. The van der Waals surface area contributed by atoms with Crippen molar-refractivity contribution in [2.45, 2.75) is 6.92 Å². The molecule has 0 unspecified atom stereocenters. The molecular formula is C23H18ClN3O3S. The zero-order chi connectivity index (χ0) is 22.0. The van der Waals surface area contributed by atoms with Crippen molar-refractivity contribution in [2.24, 2.45) is 0 Å². The van der Waals surface area contributed by atoms with Gasteiger partial charge in [-0.3, -0.25) is 10.1 Å². The molecule has 8 heteroatoms. The summed E-state index contributed by atoms with van der Waals surface area (Å²) >= 11 is 11.4. The van der Waals surface area contributed by atoms with Crippen LogP contribution in [-0.4, -0.2) is 23.1 Å². The van der Waals surface area contributed by atoms with E-state index in [4.69, 9.17) is 33.0 Å². The summed E-state index contributed by atoms with van der Waals surface area (Å²) in [4.78, 5) is 17.0. The Morgan fingerprint density at radius 3 is 2.68 bits per heavy atom. The Labute approximate surface area is 189 Å². The average molecular weight is 452 g/mol. The number of fused-ring (bicyclic) bond motifs is 1. The first-order chi connectivity index (χ1) is 14.9. The van der Waals surface area contributed by atoms with E-state index in [1.165, 1.54) is 13.2 Å². The first kappa shape index (κ1) is 20.8. The predicted octanol–water partition coefficient (Wildman–Crippen LogP) is 5.59. The summed E-state index contributed by atoms with van der Waals surface area (Å²) in [5, 5.41) is 6.23. The number of nitrogens with one attached hydrogen (secondary N) is 2. The molecule has 0 aliphatic heterocycles. The molecule has 0 aliphatic rings. The van der Waals surface area contributed by atoms with Crippen molar-refractivity contribution < 1.29 is 13.9 Å². The second kappa shape index (κ2) is 8.75. The van der Waals surface area contributed by atoms with E-state index >= 15 is 0 Å². The molecular weight excluding hydrogens is 434 g/mol. The molecule has 0 saturated carbocycles. The van der Waals surface area contributed by atoms with Gasteiger partial charge in [-0.05, 0) is 67.2 Å². The minimum Gasteiger partial charge on any atom is -0.495 e. The van der Waals surface area contributed by atoms with Crippen molar-refractivity contribution in [1.82, 2.24) is 10.3 Å². The number of para-hydroxylation sites is 2. The van der Waals surface area contributed by atoms with E-state index < -0.39 is 0 Å². The summed E-state index contributed by atoms with van der Waals surface area (Å²) in [7, 11) is 1.51. The van der Waals surface area contributed by atoms with Gasteiger partial charge in [0.1, 0.15) is 11.3 Å². The first-order valence-electron chi connectivity index (χ1n) is 9.37. The lowest BCUT2D eigenvalue weighted by Gasteiger charge is -2.13. The number of methoxy groups -OCH3 is 1. The number of ether oxygens (including phenoxy) is 1. The third-order valence-electron chi connectivity index (χ3n) is 4.67. The third kappa shape index (κ3) is 4.52. The van der Waals surface area contributed by atoms with Crippen molar-refractivity contribution in [2.75, 3.05) is 12.4 Å². The number of hydrogen-bond acceptors (Lipinski definition) is 5. The maximum Gasteiger partial charge on any atom is 0.257 e.